The highest BCUT2D eigenvalue weighted by Crippen LogP contribution is 2.20. The Labute approximate surface area is 102 Å². The molecule has 1 aromatic carbocycles. The lowest BCUT2D eigenvalue weighted by atomic mass is 10.1. The minimum atomic E-state index is -0.629. The molecule has 0 bridgehead atoms. The first-order chi connectivity index (χ1) is 8.54. The predicted molar refractivity (Wildman–Crippen MR) is 62.6 cm³/mol. The molecule has 0 amide bonds. The van der Waals surface area contributed by atoms with Crippen LogP contribution in [0.25, 0.3) is 0 Å². The highest BCUT2D eigenvalue weighted by Gasteiger charge is 2.08. The zero-order chi connectivity index (χ0) is 13.1. The molecule has 2 rings (SSSR count). The highest BCUT2D eigenvalue weighted by atomic mass is 19.1. The van der Waals surface area contributed by atoms with Gasteiger partial charge in [-0.2, -0.15) is 4.39 Å². The van der Waals surface area contributed by atoms with Gasteiger partial charge in [-0.1, -0.05) is 0 Å². The van der Waals surface area contributed by atoms with E-state index in [1.54, 1.807) is 6.92 Å². The van der Waals surface area contributed by atoms with E-state index in [2.05, 4.69) is 10.3 Å². The minimum Gasteiger partial charge on any atom is -0.377 e. The van der Waals surface area contributed by atoms with Gasteiger partial charge in [0.1, 0.15) is 11.6 Å². The summed E-state index contributed by atoms with van der Waals surface area (Å²) in [5, 5.41) is 2.98. The van der Waals surface area contributed by atoms with Crippen molar-refractivity contribution >= 4 is 5.69 Å². The number of pyridine rings is 1. The largest absolute Gasteiger partial charge is 0.377 e. The van der Waals surface area contributed by atoms with Gasteiger partial charge >= 0.3 is 0 Å². The van der Waals surface area contributed by atoms with Crippen molar-refractivity contribution in [2.24, 2.45) is 0 Å². The average Bonchev–Trinajstić information content (AvgIpc) is 2.31. The maximum absolute atomic E-state index is 13.1. The molecule has 94 valence electrons. The summed E-state index contributed by atoms with van der Waals surface area (Å²) in [5.41, 5.74) is 1.05. The fourth-order valence-corrected chi connectivity index (χ4v) is 1.62. The normalized spacial score (nSPS) is 12.2. The van der Waals surface area contributed by atoms with Crippen LogP contribution in [0.1, 0.15) is 18.5 Å². The van der Waals surface area contributed by atoms with Crippen LogP contribution in [0.3, 0.4) is 0 Å². The molecule has 1 N–H and O–H groups in total. The number of rotatable bonds is 3. The van der Waals surface area contributed by atoms with E-state index in [4.69, 9.17) is 0 Å². The molecule has 18 heavy (non-hydrogen) atoms. The van der Waals surface area contributed by atoms with Gasteiger partial charge in [-0.15, -0.1) is 0 Å². The molecule has 0 saturated carbocycles. The molecule has 1 atom stereocenters. The van der Waals surface area contributed by atoms with E-state index in [0.29, 0.717) is 11.3 Å². The predicted octanol–water partition coefficient (Wildman–Crippen LogP) is 3.67. The topological polar surface area (TPSA) is 24.9 Å². The van der Waals surface area contributed by atoms with E-state index >= 15 is 0 Å². The van der Waals surface area contributed by atoms with E-state index < -0.39 is 17.6 Å². The molecule has 0 radical (unpaired) electrons. The molecule has 0 aliphatic rings. The van der Waals surface area contributed by atoms with Crippen molar-refractivity contribution in [1.29, 1.82) is 0 Å². The SMILES string of the molecule is CC(Nc1ccc(F)nc1)c1cc(F)cc(F)c1. The van der Waals surface area contributed by atoms with Gasteiger partial charge in [-0.25, -0.2) is 13.8 Å². The van der Waals surface area contributed by atoms with Crippen molar-refractivity contribution in [1.82, 2.24) is 4.98 Å². The Morgan fingerprint density at radius 3 is 2.28 bits per heavy atom. The van der Waals surface area contributed by atoms with Crippen molar-refractivity contribution < 1.29 is 13.2 Å². The van der Waals surface area contributed by atoms with Crippen LogP contribution in [0.4, 0.5) is 18.9 Å². The summed E-state index contributed by atoms with van der Waals surface area (Å²) in [6.45, 7) is 1.75. The Balaban J connectivity index is 2.16. The molecule has 0 fully saturated rings. The van der Waals surface area contributed by atoms with Crippen molar-refractivity contribution in [3.8, 4) is 0 Å². The molecule has 0 aliphatic heterocycles. The Bertz CT molecular complexity index is 520. The van der Waals surface area contributed by atoms with Crippen molar-refractivity contribution in [2.45, 2.75) is 13.0 Å². The molecule has 0 saturated heterocycles. The fraction of sp³-hybridized carbons (Fsp3) is 0.154. The molecule has 0 spiro atoms. The summed E-state index contributed by atoms with van der Waals surface area (Å²) in [6.07, 6.45) is 1.32. The molecular formula is C13H11F3N2. The minimum absolute atomic E-state index is 0.317. The zero-order valence-corrected chi connectivity index (χ0v) is 9.62. The quantitative estimate of drug-likeness (QED) is 0.843. The maximum Gasteiger partial charge on any atom is 0.212 e. The van der Waals surface area contributed by atoms with Crippen LogP contribution in [0.15, 0.2) is 36.5 Å². The number of nitrogens with one attached hydrogen (secondary N) is 1. The number of anilines is 1. The third-order valence-electron chi connectivity index (χ3n) is 2.50. The molecule has 1 aromatic heterocycles. The number of benzene rings is 1. The van der Waals surface area contributed by atoms with E-state index in [9.17, 15) is 13.2 Å². The van der Waals surface area contributed by atoms with E-state index in [0.717, 1.165) is 6.07 Å². The second-order valence-electron chi connectivity index (χ2n) is 3.94. The van der Waals surface area contributed by atoms with Crippen LogP contribution in [0, 0.1) is 17.6 Å². The van der Waals surface area contributed by atoms with Crippen molar-refractivity contribution in [3.05, 3.63) is 59.7 Å². The third-order valence-corrected chi connectivity index (χ3v) is 2.50. The smallest absolute Gasteiger partial charge is 0.212 e. The van der Waals surface area contributed by atoms with E-state index in [1.165, 1.54) is 30.5 Å². The summed E-state index contributed by atoms with van der Waals surface area (Å²) in [5.74, 6) is -1.84. The molecule has 1 heterocycles. The van der Waals surface area contributed by atoms with Gasteiger partial charge in [0.15, 0.2) is 0 Å². The second kappa shape index (κ2) is 5.08. The lowest BCUT2D eigenvalue weighted by Crippen LogP contribution is -2.07. The first-order valence-corrected chi connectivity index (χ1v) is 5.38. The summed E-state index contributed by atoms with van der Waals surface area (Å²) in [7, 11) is 0. The van der Waals surface area contributed by atoms with Crippen LogP contribution >= 0.6 is 0 Å². The van der Waals surface area contributed by atoms with Gasteiger partial charge < -0.3 is 5.32 Å². The standard InChI is InChI=1S/C13H11F3N2/c1-8(9-4-10(14)6-11(15)5-9)18-12-2-3-13(16)17-7-12/h2-8,18H,1H3. The van der Waals surface area contributed by atoms with Gasteiger partial charge in [0.25, 0.3) is 0 Å². The van der Waals surface area contributed by atoms with Crippen LogP contribution in [0.2, 0.25) is 0 Å². The van der Waals surface area contributed by atoms with Crippen molar-refractivity contribution in [3.63, 3.8) is 0 Å². The lowest BCUT2D eigenvalue weighted by Gasteiger charge is -2.15. The molecule has 2 aromatic rings. The van der Waals surface area contributed by atoms with Crippen LogP contribution < -0.4 is 5.32 Å². The summed E-state index contributed by atoms with van der Waals surface area (Å²) >= 11 is 0. The second-order valence-corrected chi connectivity index (χ2v) is 3.94. The number of aromatic nitrogens is 1. The van der Waals surface area contributed by atoms with E-state index in [-0.39, 0.29) is 6.04 Å². The average molecular weight is 252 g/mol. The van der Waals surface area contributed by atoms with Crippen LogP contribution in [0.5, 0.6) is 0 Å². The van der Waals surface area contributed by atoms with Gasteiger partial charge in [-0.05, 0) is 36.8 Å². The lowest BCUT2D eigenvalue weighted by molar-refractivity contribution is 0.577. The molecular weight excluding hydrogens is 241 g/mol. The summed E-state index contributed by atoms with van der Waals surface area (Å²) in [4.78, 5) is 3.48. The Kier molecular flexibility index (Phi) is 3.50. The first-order valence-electron chi connectivity index (χ1n) is 5.38. The first kappa shape index (κ1) is 12.4. The Morgan fingerprint density at radius 2 is 1.72 bits per heavy atom. The zero-order valence-electron chi connectivity index (χ0n) is 9.62. The number of hydrogen-bond donors (Lipinski definition) is 1. The monoisotopic (exact) mass is 252 g/mol. The summed E-state index contributed by atoms with van der Waals surface area (Å²) in [6, 6.07) is 5.71. The third kappa shape index (κ3) is 3.00. The van der Waals surface area contributed by atoms with E-state index in [1.807, 2.05) is 0 Å². The maximum atomic E-state index is 13.1. The van der Waals surface area contributed by atoms with Crippen LogP contribution in [-0.2, 0) is 0 Å². The van der Waals surface area contributed by atoms with Gasteiger partial charge in [0.2, 0.25) is 5.95 Å². The molecule has 1 unspecified atom stereocenters. The Hall–Kier alpha value is -2.04. The summed E-state index contributed by atoms with van der Waals surface area (Å²) < 4.78 is 38.7. The molecule has 2 nitrogen and oxygen atoms in total. The molecule has 5 heteroatoms. The Morgan fingerprint density at radius 1 is 1.06 bits per heavy atom. The molecule has 0 aliphatic carbocycles. The fourth-order valence-electron chi connectivity index (χ4n) is 1.62. The number of hydrogen-bond acceptors (Lipinski definition) is 2. The highest BCUT2D eigenvalue weighted by molar-refractivity contribution is 5.42. The van der Waals surface area contributed by atoms with Crippen molar-refractivity contribution in [2.75, 3.05) is 5.32 Å². The van der Waals surface area contributed by atoms with Gasteiger partial charge in [-0.3, -0.25) is 0 Å². The number of halogens is 3. The van der Waals surface area contributed by atoms with Crippen LogP contribution in [-0.4, -0.2) is 4.98 Å². The number of nitrogens with zero attached hydrogens (tertiary/aromatic N) is 1. The van der Waals surface area contributed by atoms with Gasteiger partial charge in [0, 0.05) is 12.1 Å². The van der Waals surface area contributed by atoms with Gasteiger partial charge in [0.05, 0.1) is 11.9 Å².